The van der Waals surface area contributed by atoms with Crippen LogP contribution in [0.2, 0.25) is 0 Å². The van der Waals surface area contributed by atoms with E-state index in [-0.39, 0.29) is 6.00 Å². The highest BCUT2D eigenvalue weighted by Gasteiger charge is 2.07. The first-order valence-corrected chi connectivity index (χ1v) is 10.3. The van der Waals surface area contributed by atoms with Gasteiger partial charge in [-0.3, -0.25) is 0 Å². The van der Waals surface area contributed by atoms with E-state index in [1.54, 1.807) is 24.3 Å². The molecule has 2 aromatic rings. The zero-order chi connectivity index (χ0) is 23.3. The second-order valence-corrected chi connectivity index (χ2v) is 6.99. The van der Waals surface area contributed by atoms with Gasteiger partial charge in [0.1, 0.15) is 24.7 Å². The van der Waals surface area contributed by atoms with Crippen molar-refractivity contribution >= 4 is 13.4 Å². The van der Waals surface area contributed by atoms with Gasteiger partial charge in [0.25, 0.3) is 0 Å². The topological polar surface area (TPSA) is 51.5 Å². The van der Waals surface area contributed by atoms with Crippen molar-refractivity contribution in [3.05, 3.63) is 121 Å². The second kappa shape index (κ2) is 12.7. The lowest BCUT2D eigenvalue weighted by molar-refractivity contribution is 0.164. The molecule has 32 heavy (non-hydrogen) atoms. The Labute approximate surface area is 191 Å². The average molecular weight is 425 g/mol. The molecule has 2 rings (SSSR count). The van der Waals surface area contributed by atoms with Crippen LogP contribution in [0.25, 0.3) is 5.57 Å². The molecule has 0 aromatic heterocycles. The molecule has 0 fully saturated rings. The van der Waals surface area contributed by atoms with Gasteiger partial charge in [-0.2, -0.15) is 5.26 Å². The molecule has 0 amide bonds. The van der Waals surface area contributed by atoms with Crippen LogP contribution in [0, 0.1) is 11.3 Å². The van der Waals surface area contributed by atoms with Crippen LogP contribution in [0.4, 0.5) is 0 Å². The van der Waals surface area contributed by atoms with E-state index >= 15 is 0 Å². The lowest BCUT2D eigenvalue weighted by atomic mass is 9.92. The molecule has 0 saturated carbocycles. The summed E-state index contributed by atoms with van der Waals surface area (Å²) in [4.78, 5) is 0. The molecule has 4 nitrogen and oxygen atoms in total. The second-order valence-electron chi connectivity index (χ2n) is 6.99. The van der Waals surface area contributed by atoms with E-state index in [1.807, 2.05) is 63.3 Å². The number of hydrogen-bond donors (Lipinski definition) is 0. The number of allylic oxidation sites excluding steroid dienone is 6. The molecule has 1 unspecified atom stereocenters. The van der Waals surface area contributed by atoms with E-state index in [1.165, 1.54) is 0 Å². The number of rotatable bonds is 12. The van der Waals surface area contributed by atoms with Gasteiger partial charge in [0.15, 0.2) is 7.85 Å². The SMILES string of the molecule is BC(O/C(C)=C/C=C(\C=C)c1ccc(C#N)cc1)c1ccc(OCCOC(=C)C=C)cc1. The Morgan fingerprint density at radius 1 is 1.03 bits per heavy atom. The number of hydrogen-bond acceptors (Lipinski definition) is 4. The van der Waals surface area contributed by atoms with Gasteiger partial charge in [0.05, 0.1) is 23.4 Å². The molecular weight excluding hydrogens is 397 g/mol. The third kappa shape index (κ3) is 7.73. The van der Waals surface area contributed by atoms with Gasteiger partial charge in [-0.05, 0) is 60.0 Å². The van der Waals surface area contributed by atoms with Crippen LogP contribution >= 0.6 is 0 Å². The molecule has 0 heterocycles. The Morgan fingerprint density at radius 2 is 1.72 bits per heavy atom. The van der Waals surface area contributed by atoms with Crippen LogP contribution in [0.5, 0.6) is 5.75 Å². The minimum atomic E-state index is -0.116. The summed E-state index contributed by atoms with van der Waals surface area (Å²) in [6, 6.07) is 17.2. The number of nitriles is 1. The van der Waals surface area contributed by atoms with Gasteiger partial charge in [0.2, 0.25) is 0 Å². The maximum Gasteiger partial charge on any atom is 0.160 e. The monoisotopic (exact) mass is 425 g/mol. The summed E-state index contributed by atoms with van der Waals surface area (Å²) >= 11 is 0. The third-order valence-electron chi connectivity index (χ3n) is 4.64. The molecular formula is C27H28BNO3. The minimum Gasteiger partial charge on any atom is -0.500 e. The lowest BCUT2D eigenvalue weighted by Crippen LogP contribution is -2.06. The predicted molar refractivity (Wildman–Crippen MR) is 133 cm³/mol. The van der Waals surface area contributed by atoms with Gasteiger partial charge in [0, 0.05) is 0 Å². The maximum atomic E-state index is 8.94. The van der Waals surface area contributed by atoms with E-state index in [0.717, 1.165) is 28.2 Å². The van der Waals surface area contributed by atoms with Crippen LogP contribution < -0.4 is 4.74 Å². The predicted octanol–water partition coefficient (Wildman–Crippen LogP) is 5.48. The maximum absolute atomic E-state index is 8.94. The average Bonchev–Trinajstić information content (AvgIpc) is 2.82. The first-order valence-electron chi connectivity index (χ1n) is 10.3. The number of nitrogens with zero attached hydrogens (tertiary/aromatic N) is 1. The Morgan fingerprint density at radius 3 is 2.31 bits per heavy atom. The summed E-state index contributed by atoms with van der Waals surface area (Å²) in [5, 5.41) is 8.94. The molecule has 0 aliphatic heterocycles. The zero-order valence-corrected chi connectivity index (χ0v) is 18.7. The van der Waals surface area contributed by atoms with Crippen LogP contribution in [0.3, 0.4) is 0 Å². The Kier molecular flexibility index (Phi) is 9.68. The highest BCUT2D eigenvalue weighted by atomic mass is 16.5. The van der Waals surface area contributed by atoms with E-state index in [9.17, 15) is 0 Å². The molecule has 0 aliphatic carbocycles. The quantitative estimate of drug-likeness (QED) is 0.196. The largest absolute Gasteiger partial charge is 0.500 e. The molecule has 0 spiro atoms. The fraction of sp³-hybridized carbons (Fsp3) is 0.148. The van der Waals surface area contributed by atoms with Crippen molar-refractivity contribution in [2.75, 3.05) is 13.2 Å². The van der Waals surface area contributed by atoms with Crippen molar-refractivity contribution in [2.24, 2.45) is 0 Å². The van der Waals surface area contributed by atoms with Crippen molar-refractivity contribution in [3.63, 3.8) is 0 Å². The Bertz CT molecular complexity index is 1030. The van der Waals surface area contributed by atoms with Gasteiger partial charge in [-0.1, -0.05) is 56.2 Å². The lowest BCUT2D eigenvalue weighted by Gasteiger charge is -2.16. The van der Waals surface area contributed by atoms with Crippen molar-refractivity contribution < 1.29 is 14.2 Å². The minimum absolute atomic E-state index is 0.116. The van der Waals surface area contributed by atoms with Crippen LogP contribution in [-0.2, 0) is 9.47 Å². The Balaban J connectivity index is 1.93. The normalized spacial score (nSPS) is 12.2. The Hall–Kier alpha value is -3.91. The fourth-order valence-electron chi connectivity index (χ4n) is 2.84. The summed E-state index contributed by atoms with van der Waals surface area (Å²) in [5.41, 5.74) is 3.61. The first kappa shape index (κ1) is 24.4. The summed E-state index contributed by atoms with van der Waals surface area (Å²) in [7, 11) is 2.00. The van der Waals surface area contributed by atoms with Crippen LogP contribution in [0.15, 0.2) is 104 Å². The van der Waals surface area contributed by atoms with Gasteiger partial charge < -0.3 is 14.2 Å². The molecule has 0 bridgehead atoms. The van der Waals surface area contributed by atoms with Gasteiger partial charge >= 0.3 is 0 Å². The van der Waals surface area contributed by atoms with Crippen LogP contribution in [0.1, 0.15) is 29.6 Å². The molecule has 1 atom stereocenters. The van der Waals surface area contributed by atoms with Crippen molar-refractivity contribution in [1.29, 1.82) is 5.26 Å². The smallest absolute Gasteiger partial charge is 0.160 e. The van der Waals surface area contributed by atoms with E-state index in [0.29, 0.717) is 24.5 Å². The molecule has 162 valence electrons. The zero-order valence-electron chi connectivity index (χ0n) is 18.7. The van der Waals surface area contributed by atoms with Gasteiger partial charge in [-0.15, -0.1) is 0 Å². The summed E-state index contributed by atoms with van der Waals surface area (Å²) < 4.78 is 17.0. The first-order chi connectivity index (χ1) is 15.5. The van der Waals surface area contributed by atoms with Crippen molar-refractivity contribution in [1.82, 2.24) is 0 Å². The molecule has 0 aliphatic rings. The number of ether oxygens (including phenoxy) is 3. The van der Waals surface area contributed by atoms with Gasteiger partial charge in [-0.25, -0.2) is 0 Å². The standard InChI is InChI=1S/C27H28BNO3/c1-5-20(3)30-17-18-31-26-15-13-25(14-16-26)27(28)32-21(4)7-10-23(6-2)24-11-8-22(19-29)9-12-24/h5-16,27H,1-3,17-18,28H2,4H3/b21-7+,23-10+. The summed E-state index contributed by atoms with van der Waals surface area (Å²) in [6.07, 6.45) is 7.22. The molecule has 0 N–H and O–H groups in total. The molecule has 5 heteroatoms. The van der Waals surface area contributed by atoms with Crippen molar-refractivity contribution in [2.45, 2.75) is 12.9 Å². The van der Waals surface area contributed by atoms with Crippen LogP contribution in [-0.4, -0.2) is 21.1 Å². The molecule has 2 aromatic carbocycles. The fourth-order valence-corrected chi connectivity index (χ4v) is 2.84. The van der Waals surface area contributed by atoms with Crippen molar-refractivity contribution in [3.8, 4) is 11.8 Å². The van der Waals surface area contributed by atoms with E-state index in [2.05, 4.69) is 25.8 Å². The van der Waals surface area contributed by atoms with E-state index in [4.69, 9.17) is 19.5 Å². The third-order valence-corrected chi connectivity index (χ3v) is 4.64. The highest BCUT2D eigenvalue weighted by Crippen LogP contribution is 2.22. The summed E-state index contributed by atoms with van der Waals surface area (Å²) in [6.45, 7) is 13.9. The molecule has 0 radical (unpaired) electrons. The number of benzene rings is 2. The highest BCUT2D eigenvalue weighted by molar-refractivity contribution is 6.11. The molecule has 0 saturated heterocycles. The summed E-state index contributed by atoms with van der Waals surface area (Å²) in [5.74, 6) is 2.08. The van der Waals surface area contributed by atoms with E-state index < -0.39 is 0 Å².